The lowest BCUT2D eigenvalue weighted by Crippen LogP contribution is -2.24. The van der Waals surface area contributed by atoms with Crippen molar-refractivity contribution >= 4 is 23.6 Å². The van der Waals surface area contributed by atoms with Crippen LogP contribution in [0.2, 0.25) is 0 Å². The molecule has 0 saturated carbocycles. The fourth-order valence-corrected chi connectivity index (χ4v) is 3.14. The van der Waals surface area contributed by atoms with Crippen LogP contribution in [0.3, 0.4) is 0 Å². The number of phenols is 1. The number of hydrogen-bond donors (Lipinski definition) is 1. The van der Waals surface area contributed by atoms with Gasteiger partial charge in [-0.3, -0.25) is 9.69 Å². The number of aromatic hydroxyl groups is 1. The number of nitrogens with zero attached hydrogens (tertiary/aromatic N) is 1. The predicted octanol–water partition coefficient (Wildman–Crippen LogP) is 3.83. The number of anilines is 1. The van der Waals surface area contributed by atoms with Gasteiger partial charge >= 0.3 is 5.97 Å². The molecule has 1 N–H and O–H groups in total. The van der Waals surface area contributed by atoms with Crippen LogP contribution in [0, 0.1) is 0 Å². The molecule has 0 radical (unpaired) electrons. The van der Waals surface area contributed by atoms with Crippen molar-refractivity contribution in [3.63, 3.8) is 0 Å². The summed E-state index contributed by atoms with van der Waals surface area (Å²) < 4.78 is 4.89. The maximum Gasteiger partial charge on any atom is 0.340 e. The van der Waals surface area contributed by atoms with Crippen molar-refractivity contribution in [2.45, 2.75) is 20.3 Å². The maximum atomic E-state index is 13.1. The van der Waals surface area contributed by atoms with Gasteiger partial charge in [-0.2, -0.15) is 0 Å². The molecule has 0 aliphatic carbocycles. The number of hydrogen-bond acceptors (Lipinski definition) is 4. The van der Waals surface area contributed by atoms with Gasteiger partial charge in [0.15, 0.2) is 0 Å². The van der Waals surface area contributed by atoms with Crippen LogP contribution in [0.25, 0.3) is 6.08 Å². The third-order valence-electron chi connectivity index (χ3n) is 4.63. The molecule has 27 heavy (non-hydrogen) atoms. The fraction of sp³-hybridized carbons (Fsp3) is 0.182. The second-order valence-corrected chi connectivity index (χ2v) is 6.23. The molecule has 0 saturated heterocycles. The Balaban J connectivity index is 2.13. The van der Waals surface area contributed by atoms with Gasteiger partial charge in [0.25, 0.3) is 5.91 Å². The van der Waals surface area contributed by atoms with Crippen LogP contribution in [0.15, 0.2) is 65.4 Å². The van der Waals surface area contributed by atoms with E-state index in [-0.39, 0.29) is 22.8 Å². The third-order valence-corrected chi connectivity index (χ3v) is 4.63. The van der Waals surface area contributed by atoms with Crippen LogP contribution in [0.1, 0.15) is 25.0 Å². The van der Waals surface area contributed by atoms with E-state index in [1.165, 1.54) is 24.2 Å². The molecule has 5 heteroatoms. The molecule has 2 aromatic carbocycles. The van der Waals surface area contributed by atoms with Gasteiger partial charge in [-0.1, -0.05) is 37.3 Å². The Hall–Kier alpha value is -3.34. The quantitative estimate of drug-likeness (QED) is 0.662. The number of aryl methyl sites for hydroxylation is 1. The highest BCUT2D eigenvalue weighted by Crippen LogP contribution is 2.36. The molecule has 138 valence electrons. The van der Waals surface area contributed by atoms with Crippen LogP contribution < -0.4 is 4.90 Å². The largest absolute Gasteiger partial charge is 0.507 e. The van der Waals surface area contributed by atoms with E-state index in [2.05, 4.69) is 6.92 Å². The summed E-state index contributed by atoms with van der Waals surface area (Å²) in [7, 11) is 1.28. The summed E-state index contributed by atoms with van der Waals surface area (Å²) in [6.07, 6.45) is 2.42. The molecule has 2 aromatic rings. The average Bonchev–Trinajstić information content (AvgIpc) is 2.93. The van der Waals surface area contributed by atoms with E-state index in [4.69, 9.17) is 4.74 Å². The van der Waals surface area contributed by atoms with E-state index in [1.54, 1.807) is 25.1 Å². The molecule has 1 aliphatic heterocycles. The number of allylic oxidation sites excluding steroid dienone is 1. The first-order chi connectivity index (χ1) is 13.0. The lowest BCUT2D eigenvalue weighted by atomic mass is 10.0. The SMILES string of the molecule is CCc1ccc(N2C(=O)C(=Cc3ccccc3O)C(C(=O)OC)=C2C)cc1. The molecule has 1 heterocycles. The minimum absolute atomic E-state index is 0.0328. The monoisotopic (exact) mass is 363 g/mol. The van der Waals surface area contributed by atoms with E-state index >= 15 is 0 Å². The molecule has 0 atom stereocenters. The zero-order valence-electron chi connectivity index (χ0n) is 15.5. The molecule has 0 aromatic heterocycles. The Morgan fingerprint density at radius 1 is 1.15 bits per heavy atom. The number of para-hydroxylation sites is 1. The van der Waals surface area contributed by atoms with Gasteiger partial charge in [0.1, 0.15) is 5.75 Å². The van der Waals surface area contributed by atoms with Gasteiger partial charge in [-0.05, 0) is 43.2 Å². The van der Waals surface area contributed by atoms with Crippen molar-refractivity contribution in [1.82, 2.24) is 0 Å². The third kappa shape index (κ3) is 3.36. The number of methoxy groups -OCH3 is 1. The van der Waals surface area contributed by atoms with Crippen LogP contribution in [-0.2, 0) is 20.7 Å². The van der Waals surface area contributed by atoms with Crippen LogP contribution in [-0.4, -0.2) is 24.1 Å². The number of ether oxygens (including phenoxy) is 1. The molecule has 1 amide bonds. The molecular weight excluding hydrogens is 342 g/mol. The highest BCUT2D eigenvalue weighted by molar-refractivity contribution is 6.23. The fourth-order valence-electron chi connectivity index (χ4n) is 3.14. The number of rotatable bonds is 4. The van der Waals surface area contributed by atoms with Crippen molar-refractivity contribution in [3.05, 3.63) is 76.5 Å². The van der Waals surface area contributed by atoms with Gasteiger partial charge in [0, 0.05) is 16.9 Å². The number of esters is 1. The second-order valence-electron chi connectivity index (χ2n) is 6.23. The minimum atomic E-state index is -0.588. The number of benzene rings is 2. The number of phenolic OH excluding ortho intramolecular Hbond substituents is 1. The summed E-state index contributed by atoms with van der Waals surface area (Å²) in [5, 5.41) is 10.0. The number of carbonyl (C=O) groups is 2. The molecule has 3 rings (SSSR count). The molecular formula is C22H21NO4. The summed E-state index contributed by atoms with van der Waals surface area (Å²) in [5.41, 5.74) is 3.18. The summed E-state index contributed by atoms with van der Waals surface area (Å²) >= 11 is 0. The average molecular weight is 363 g/mol. The zero-order valence-corrected chi connectivity index (χ0v) is 15.5. The zero-order chi connectivity index (χ0) is 19.6. The van der Waals surface area contributed by atoms with Gasteiger partial charge in [0.05, 0.1) is 18.3 Å². The Bertz CT molecular complexity index is 955. The van der Waals surface area contributed by atoms with Crippen molar-refractivity contribution in [1.29, 1.82) is 0 Å². The van der Waals surface area contributed by atoms with Crippen LogP contribution >= 0.6 is 0 Å². The number of amides is 1. The summed E-state index contributed by atoms with van der Waals surface area (Å²) in [5.74, 6) is -0.888. The summed E-state index contributed by atoms with van der Waals surface area (Å²) in [4.78, 5) is 27.0. The molecule has 0 unspecified atom stereocenters. The van der Waals surface area contributed by atoms with Crippen LogP contribution in [0.4, 0.5) is 5.69 Å². The highest BCUT2D eigenvalue weighted by atomic mass is 16.5. The lowest BCUT2D eigenvalue weighted by Gasteiger charge is -2.18. The van der Waals surface area contributed by atoms with E-state index in [9.17, 15) is 14.7 Å². The Labute approximate surface area is 158 Å². The normalized spacial score (nSPS) is 15.6. The van der Waals surface area contributed by atoms with Gasteiger partial charge in [-0.25, -0.2) is 4.79 Å². The Kier molecular flexibility index (Phi) is 5.12. The lowest BCUT2D eigenvalue weighted by molar-refractivity contribution is -0.136. The first-order valence-electron chi connectivity index (χ1n) is 8.70. The first-order valence-corrected chi connectivity index (χ1v) is 8.70. The predicted molar refractivity (Wildman–Crippen MR) is 104 cm³/mol. The standard InChI is InChI=1S/C22H21NO4/c1-4-15-9-11-17(12-10-15)23-14(2)20(22(26)27-3)18(21(23)25)13-16-7-5-6-8-19(16)24/h5-13,24H,4H2,1-3H3. The Morgan fingerprint density at radius 3 is 2.41 bits per heavy atom. The van der Waals surface area contributed by atoms with Crippen LogP contribution in [0.5, 0.6) is 5.75 Å². The molecule has 1 aliphatic rings. The van der Waals surface area contributed by atoms with E-state index in [0.29, 0.717) is 16.9 Å². The van der Waals surface area contributed by atoms with Gasteiger partial charge in [0.2, 0.25) is 0 Å². The van der Waals surface area contributed by atoms with Crippen molar-refractivity contribution < 1.29 is 19.4 Å². The first kappa shape index (κ1) is 18.5. The molecule has 0 spiro atoms. The minimum Gasteiger partial charge on any atom is -0.507 e. The topological polar surface area (TPSA) is 66.8 Å². The smallest absolute Gasteiger partial charge is 0.340 e. The molecule has 5 nitrogen and oxygen atoms in total. The van der Waals surface area contributed by atoms with Crippen molar-refractivity contribution in [3.8, 4) is 5.75 Å². The van der Waals surface area contributed by atoms with E-state index in [1.807, 2.05) is 24.3 Å². The number of carbonyl (C=O) groups excluding carboxylic acids is 2. The van der Waals surface area contributed by atoms with Crippen molar-refractivity contribution in [2.75, 3.05) is 12.0 Å². The van der Waals surface area contributed by atoms with E-state index < -0.39 is 5.97 Å². The molecule has 0 fully saturated rings. The van der Waals surface area contributed by atoms with Crippen molar-refractivity contribution in [2.24, 2.45) is 0 Å². The van der Waals surface area contributed by atoms with Gasteiger partial charge in [-0.15, -0.1) is 0 Å². The second kappa shape index (κ2) is 7.50. The summed E-state index contributed by atoms with van der Waals surface area (Å²) in [6.45, 7) is 3.77. The highest BCUT2D eigenvalue weighted by Gasteiger charge is 2.38. The maximum absolute atomic E-state index is 13.1. The molecule has 0 bridgehead atoms. The Morgan fingerprint density at radius 2 is 1.81 bits per heavy atom. The van der Waals surface area contributed by atoms with Gasteiger partial charge < -0.3 is 9.84 Å². The summed E-state index contributed by atoms with van der Waals surface area (Å²) in [6, 6.07) is 14.3. The van der Waals surface area contributed by atoms with E-state index in [0.717, 1.165) is 12.0 Å².